The van der Waals surface area contributed by atoms with Crippen LogP contribution in [-0.4, -0.2) is 29.5 Å². The Balaban J connectivity index is 1.77. The fourth-order valence-corrected chi connectivity index (χ4v) is 1.96. The molecule has 0 amide bonds. The van der Waals surface area contributed by atoms with Gasteiger partial charge in [-0.05, 0) is 24.7 Å². The van der Waals surface area contributed by atoms with Crippen molar-refractivity contribution in [1.82, 2.24) is 10.2 Å². The largest absolute Gasteiger partial charge is 0.469 e. The normalized spacial score (nSPS) is 26.6. The van der Waals surface area contributed by atoms with Crippen molar-refractivity contribution in [3.05, 3.63) is 0 Å². The molecule has 14 heavy (non-hydrogen) atoms. The van der Waals surface area contributed by atoms with Gasteiger partial charge < -0.3 is 15.2 Å². The van der Waals surface area contributed by atoms with Crippen LogP contribution < -0.4 is 10.5 Å². The van der Waals surface area contributed by atoms with Gasteiger partial charge in [-0.25, -0.2) is 0 Å². The van der Waals surface area contributed by atoms with E-state index in [1.165, 1.54) is 11.3 Å². The van der Waals surface area contributed by atoms with Gasteiger partial charge >= 0.3 is 0 Å². The van der Waals surface area contributed by atoms with Crippen LogP contribution in [0.25, 0.3) is 0 Å². The lowest BCUT2D eigenvalue weighted by atomic mass is 10.1. The Kier molecular flexibility index (Phi) is 2.83. The van der Waals surface area contributed by atoms with Crippen LogP contribution in [-0.2, 0) is 4.74 Å². The molecule has 0 radical (unpaired) electrons. The van der Waals surface area contributed by atoms with Crippen molar-refractivity contribution in [3.63, 3.8) is 0 Å². The van der Waals surface area contributed by atoms with Crippen molar-refractivity contribution in [2.24, 2.45) is 5.92 Å². The molecule has 0 aromatic carbocycles. The minimum Gasteiger partial charge on any atom is -0.469 e. The molecule has 1 aliphatic heterocycles. The molecule has 1 saturated heterocycles. The molecule has 0 aliphatic carbocycles. The molecule has 2 rings (SSSR count). The van der Waals surface area contributed by atoms with E-state index >= 15 is 0 Å². The predicted octanol–water partition coefficient (Wildman–Crippen LogP) is 0.924. The highest BCUT2D eigenvalue weighted by molar-refractivity contribution is 7.16. The van der Waals surface area contributed by atoms with Gasteiger partial charge in [0.25, 0.3) is 5.19 Å². The van der Waals surface area contributed by atoms with Gasteiger partial charge in [0.05, 0.1) is 19.3 Å². The molecular formula is C8H13N3O2S. The molecule has 2 unspecified atom stereocenters. The minimum atomic E-state index is 0.350. The van der Waals surface area contributed by atoms with Crippen LogP contribution >= 0.6 is 11.3 Å². The molecule has 1 aromatic heterocycles. The summed E-state index contributed by atoms with van der Waals surface area (Å²) in [4.78, 5) is 0. The number of nitrogens with two attached hydrogens (primary N) is 1. The monoisotopic (exact) mass is 215 g/mol. The summed E-state index contributed by atoms with van der Waals surface area (Å²) in [5.74, 6) is 0.468. The zero-order valence-electron chi connectivity index (χ0n) is 7.97. The number of aromatic nitrogens is 2. The highest BCUT2D eigenvalue weighted by atomic mass is 32.1. The van der Waals surface area contributed by atoms with Crippen molar-refractivity contribution >= 4 is 16.5 Å². The minimum absolute atomic E-state index is 0.350. The zero-order valence-corrected chi connectivity index (χ0v) is 8.79. The maximum absolute atomic E-state index is 5.44. The molecule has 2 atom stereocenters. The van der Waals surface area contributed by atoms with Gasteiger partial charge in [0, 0.05) is 5.92 Å². The second kappa shape index (κ2) is 4.10. The summed E-state index contributed by atoms with van der Waals surface area (Å²) in [5, 5.41) is 8.43. The van der Waals surface area contributed by atoms with Gasteiger partial charge in [-0.1, -0.05) is 5.10 Å². The smallest absolute Gasteiger partial charge is 0.295 e. The Morgan fingerprint density at radius 2 is 2.50 bits per heavy atom. The molecule has 6 heteroatoms. The first kappa shape index (κ1) is 9.67. The van der Waals surface area contributed by atoms with Crippen molar-refractivity contribution in [2.45, 2.75) is 19.4 Å². The van der Waals surface area contributed by atoms with E-state index < -0.39 is 0 Å². The lowest BCUT2D eigenvalue weighted by Crippen LogP contribution is -2.11. The molecule has 78 valence electrons. The number of nitrogen functional groups attached to an aromatic ring is 1. The van der Waals surface area contributed by atoms with E-state index in [2.05, 4.69) is 17.1 Å². The molecule has 1 fully saturated rings. The summed E-state index contributed by atoms with van der Waals surface area (Å²) >= 11 is 1.26. The van der Waals surface area contributed by atoms with Crippen LogP contribution in [0.3, 0.4) is 0 Å². The zero-order chi connectivity index (χ0) is 9.97. The summed E-state index contributed by atoms with van der Waals surface area (Å²) in [5.41, 5.74) is 5.42. The molecule has 5 nitrogen and oxygen atoms in total. The van der Waals surface area contributed by atoms with Gasteiger partial charge in [-0.3, -0.25) is 0 Å². The number of nitrogens with zero attached hydrogens (tertiary/aromatic N) is 2. The first-order chi connectivity index (χ1) is 6.74. The van der Waals surface area contributed by atoms with Crippen molar-refractivity contribution < 1.29 is 9.47 Å². The molecule has 0 spiro atoms. The molecule has 2 N–H and O–H groups in total. The highest BCUT2D eigenvalue weighted by Gasteiger charge is 2.22. The third-order valence-electron chi connectivity index (χ3n) is 2.15. The number of hydrogen-bond acceptors (Lipinski definition) is 6. The lowest BCUT2D eigenvalue weighted by molar-refractivity contribution is 0.114. The molecule has 1 aliphatic rings. The van der Waals surface area contributed by atoms with E-state index in [1.807, 2.05) is 0 Å². The fraction of sp³-hybridized carbons (Fsp3) is 0.750. The van der Waals surface area contributed by atoms with Crippen molar-refractivity contribution in [3.8, 4) is 5.19 Å². The summed E-state index contributed by atoms with van der Waals surface area (Å²) < 4.78 is 10.9. The van der Waals surface area contributed by atoms with E-state index in [-0.39, 0.29) is 0 Å². The van der Waals surface area contributed by atoms with Crippen molar-refractivity contribution in [1.29, 1.82) is 0 Å². The fourth-order valence-electron chi connectivity index (χ4n) is 1.49. The highest BCUT2D eigenvalue weighted by Crippen LogP contribution is 2.23. The average Bonchev–Trinajstić information content (AvgIpc) is 2.72. The molecule has 0 saturated carbocycles. The van der Waals surface area contributed by atoms with E-state index in [0.29, 0.717) is 29.0 Å². The Labute approximate surface area is 86.2 Å². The summed E-state index contributed by atoms with van der Waals surface area (Å²) in [7, 11) is 0. The van der Waals surface area contributed by atoms with Crippen LogP contribution in [0.15, 0.2) is 0 Å². The summed E-state index contributed by atoms with van der Waals surface area (Å²) in [6, 6.07) is 0. The first-order valence-corrected chi connectivity index (χ1v) is 5.39. The summed E-state index contributed by atoms with van der Waals surface area (Å²) in [6.45, 7) is 3.48. The average molecular weight is 215 g/mol. The maximum Gasteiger partial charge on any atom is 0.295 e. The second-order valence-electron chi connectivity index (χ2n) is 3.46. The number of hydrogen-bond donors (Lipinski definition) is 1. The topological polar surface area (TPSA) is 70.3 Å². The molecule has 1 aromatic rings. The quantitative estimate of drug-likeness (QED) is 0.812. The number of rotatable bonds is 3. The SMILES string of the molecule is CC1CC(COc2nnc(N)s2)CO1. The Morgan fingerprint density at radius 1 is 1.64 bits per heavy atom. The van der Waals surface area contributed by atoms with E-state index in [9.17, 15) is 0 Å². The summed E-state index contributed by atoms with van der Waals surface area (Å²) in [6.07, 6.45) is 1.40. The third kappa shape index (κ3) is 2.33. The Morgan fingerprint density at radius 3 is 3.07 bits per heavy atom. The predicted molar refractivity (Wildman–Crippen MR) is 53.3 cm³/mol. The maximum atomic E-state index is 5.44. The molecule has 2 heterocycles. The Bertz CT molecular complexity index is 305. The van der Waals surface area contributed by atoms with Gasteiger partial charge in [-0.15, -0.1) is 5.10 Å². The van der Waals surface area contributed by atoms with Crippen LogP contribution in [0, 0.1) is 5.92 Å². The molecular weight excluding hydrogens is 202 g/mol. The second-order valence-corrected chi connectivity index (χ2v) is 4.43. The lowest BCUT2D eigenvalue weighted by Gasteiger charge is -2.06. The van der Waals surface area contributed by atoms with Gasteiger partial charge in [0.2, 0.25) is 5.13 Å². The van der Waals surface area contributed by atoms with Crippen LogP contribution in [0.2, 0.25) is 0 Å². The van der Waals surface area contributed by atoms with Gasteiger partial charge in [0.1, 0.15) is 0 Å². The van der Waals surface area contributed by atoms with Gasteiger partial charge in [-0.2, -0.15) is 0 Å². The van der Waals surface area contributed by atoms with Crippen LogP contribution in [0.4, 0.5) is 5.13 Å². The number of ether oxygens (including phenoxy) is 2. The Hall–Kier alpha value is -0.880. The van der Waals surface area contributed by atoms with Gasteiger partial charge in [0.15, 0.2) is 0 Å². The first-order valence-electron chi connectivity index (χ1n) is 4.57. The third-order valence-corrected chi connectivity index (χ3v) is 2.81. The molecule has 0 bridgehead atoms. The number of anilines is 1. The van der Waals surface area contributed by atoms with Crippen LogP contribution in [0.1, 0.15) is 13.3 Å². The van der Waals surface area contributed by atoms with E-state index in [1.54, 1.807) is 0 Å². The van der Waals surface area contributed by atoms with E-state index in [4.69, 9.17) is 15.2 Å². The van der Waals surface area contributed by atoms with E-state index in [0.717, 1.165) is 13.0 Å². The standard InChI is InChI=1S/C8H13N3O2S/c1-5-2-6(3-12-5)4-13-8-11-10-7(9)14-8/h5-6H,2-4H2,1H3,(H2,9,10). The van der Waals surface area contributed by atoms with Crippen LogP contribution in [0.5, 0.6) is 5.19 Å². The van der Waals surface area contributed by atoms with Crippen molar-refractivity contribution in [2.75, 3.05) is 18.9 Å².